The zero-order chi connectivity index (χ0) is 19.5. The van der Waals surface area contributed by atoms with Crippen molar-refractivity contribution in [1.82, 2.24) is 4.57 Å². The predicted octanol–water partition coefficient (Wildman–Crippen LogP) is 4.70. The van der Waals surface area contributed by atoms with E-state index in [0.29, 0.717) is 16.5 Å². The molecule has 0 atom stereocenters. The number of halogens is 1. The van der Waals surface area contributed by atoms with Gasteiger partial charge in [-0.05, 0) is 42.3 Å². The zero-order valence-electron chi connectivity index (χ0n) is 14.7. The van der Waals surface area contributed by atoms with E-state index in [1.165, 1.54) is 35.0 Å². The maximum atomic E-state index is 13.5. The topological polar surface area (TPSA) is 39.1 Å². The minimum atomic E-state index is -0.493. The molecule has 4 heteroatoms. The van der Waals surface area contributed by atoms with Crippen LogP contribution < -0.4 is 0 Å². The summed E-state index contributed by atoms with van der Waals surface area (Å²) in [6, 6.07) is 21.7. The molecule has 4 rings (SSSR count). The van der Waals surface area contributed by atoms with Gasteiger partial charge in [-0.3, -0.25) is 14.2 Å². The van der Waals surface area contributed by atoms with Gasteiger partial charge in [-0.1, -0.05) is 48.4 Å². The summed E-state index contributed by atoms with van der Waals surface area (Å²) in [5, 5.41) is 0.625. The molecule has 4 aromatic rings. The molecular formula is C24H14FNO2. The lowest BCUT2D eigenvalue weighted by Crippen LogP contribution is -2.11. The molecule has 0 amide bonds. The Hall–Kier alpha value is -3.97. The third-order valence-electron chi connectivity index (χ3n) is 4.34. The number of fused-ring (bicyclic) bond motifs is 1. The number of rotatable bonds is 2. The second-order valence-corrected chi connectivity index (χ2v) is 6.19. The van der Waals surface area contributed by atoms with Gasteiger partial charge < -0.3 is 0 Å². The molecule has 0 radical (unpaired) electrons. The number of nitrogens with zero attached hydrogens (tertiary/aromatic N) is 1. The molecule has 0 spiro atoms. The lowest BCUT2D eigenvalue weighted by molar-refractivity contribution is 0.0964. The molecule has 1 aromatic heterocycles. The Balaban J connectivity index is 1.78. The normalized spacial score (nSPS) is 10.3. The van der Waals surface area contributed by atoms with Gasteiger partial charge in [0.05, 0.1) is 11.1 Å². The quantitative estimate of drug-likeness (QED) is 0.380. The molecule has 1 heterocycles. The summed E-state index contributed by atoms with van der Waals surface area (Å²) in [6.45, 7) is 0. The van der Waals surface area contributed by atoms with Gasteiger partial charge >= 0.3 is 0 Å². The third kappa shape index (κ3) is 3.34. The highest BCUT2D eigenvalue weighted by molar-refractivity contribution is 6.18. The van der Waals surface area contributed by atoms with Crippen LogP contribution in [0.3, 0.4) is 0 Å². The van der Waals surface area contributed by atoms with E-state index in [9.17, 15) is 14.0 Å². The Bertz CT molecular complexity index is 1260. The SMILES string of the molecule is O=C(C#Cc1ccccc1)c1cn(C(=O)c2cccc(F)c2)c2ccccc12. The van der Waals surface area contributed by atoms with Crippen molar-refractivity contribution in [2.75, 3.05) is 0 Å². The highest BCUT2D eigenvalue weighted by Crippen LogP contribution is 2.23. The van der Waals surface area contributed by atoms with Crippen LogP contribution in [0.4, 0.5) is 4.39 Å². The molecule has 0 aliphatic rings. The summed E-state index contributed by atoms with van der Waals surface area (Å²) in [4.78, 5) is 25.6. The first kappa shape index (κ1) is 17.4. The Morgan fingerprint density at radius 3 is 2.39 bits per heavy atom. The van der Waals surface area contributed by atoms with Crippen LogP contribution in [-0.2, 0) is 0 Å². The van der Waals surface area contributed by atoms with Crippen molar-refractivity contribution in [3.05, 3.63) is 108 Å². The monoisotopic (exact) mass is 367 g/mol. The van der Waals surface area contributed by atoms with Crippen LogP contribution >= 0.6 is 0 Å². The number of para-hydroxylation sites is 1. The van der Waals surface area contributed by atoms with E-state index in [4.69, 9.17) is 0 Å². The van der Waals surface area contributed by atoms with Gasteiger partial charge in [0, 0.05) is 22.7 Å². The smallest absolute Gasteiger partial charge is 0.262 e. The van der Waals surface area contributed by atoms with Crippen LogP contribution in [0.5, 0.6) is 0 Å². The molecular weight excluding hydrogens is 353 g/mol. The fourth-order valence-electron chi connectivity index (χ4n) is 3.01. The van der Waals surface area contributed by atoms with Crippen LogP contribution in [-0.4, -0.2) is 16.3 Å². The maximum absolute atomic E-state index is 13.5. The highest BCUT2D eigenvalue weighted by Gasteiger charge is 2.18. The molecule has 134 valence electrons. The Labute approximate surface area is 161 Å². The third-order valence-corrected chi connectivity index (χ3v) is 4.34. The van der Waals surface area contributed by atoms with E-state index in [-0.39, 0.29) is 11.3 Å². The Morgan fingerprint density at radius 2 is 1.61 bits per heavy atom. The van der Waals surface area contributed by atoms with E-state index in [2.05, 4.69) is 11.8 Å². The van der Waals surface area contributed by atoms with Crippen LogP contribution in [0, 0.1) is 17.7 Å². The van der Waals surface area contributed by atoms with Crippen molar-refractivity contribution in [3.63, 3.8) is 0 Å². The number of hydrogen-bond donors (Lipinski definition) is 0. The molecule has 0 N–H and O–H groups in total. The molecule has 3 nitrogen and oxygen atoms in total. The minimum Gasteiger partial charge on any atom is -0.282 e. The largest absolute Gasteiger partial charge is 0.282 e. The first-order valence-electron chi connectivity index (χ1n) is 8.65. The predicted molar refractivity (Wildman–Crippen MR) is 106 cm³/mol. The van der Waals surface area contributed by atoms with Gasteiger partial charge in [-0.15, -0.1) is 0 Å². The number of Topliss-reactive ketones (excluding diaryl/α,β-unsaturated/α-hetero) is 1. The van der Waals surface area contributed by atoms with E-state index in [1.807, 2.05) is 30.3 Å². The summed E-state index contributed by atoms with van der Waals surface area (Å²) in [5.41, 5.74) is 1.84. The average Bonchev–Trinajstić information content (AvgIpc) is 3.12. The zero-order valence-corrected chi connectivity index (χ0v) is 14.7. The van der Waals surface area contributed by atoms with Crippen molar-refractivity contribution in [2.45, 2.75) is 0 Å². The number of ketones is 1. The van der Waals surface area contributed by atoms with E-state index < -0.39 is 11.7 Å². The first-order chi connectivity index (χ1) is 13.6. The standard InChI is InChI=1S/C24H14FNO2/c25-19-10-6-9-18(15-19)24(28)26-16-21(20-11-4-5-12-22(20)26)23(27)14-13-17-7-2-1-3-8-17/h1-12,15-16H. The van der Waals surface area contributed by atoms with E-state index in [0.717, 1.165) is 5.56 Å². The Kier molecular flexibility index (Phi) is 4.57. The average molecular weight is 367 g/mol. The van der Waals surface area contributed by atoms with Crippen LogP contribution in [0.25, 0.3) is 10.9 Å². The molecule has 0 saturated carbocycles. The minimum absolute atomic E-state index is 0.204. The molecule has 3 aromatic carbocycles. The van der Waals surface area contributed by atoms with Crippen molar-refractivity contribution >= 4 is 22.6 Å². The fourth-order valence-corrected chi connectivity index (χ4v) is 3.01. The number of carbonyl (C=O) groups is 2. The van der Waals surface area contributed by atoms with Gasteiger partial charge in [-0.2, -0.15) is 0 Å². The summed E-state index contributed by atoms with van der Waals surface area (Å²) in [6.07, 6.45) is 1.47. The Morgan fingerprint density at radius 1 is 0.857 bits per heavy atom. The maximum Gasteiger partial charge on any atom is 0.262 e. The van der Waals surface area contributed by atoms with Crippen molar-refractivity contribution in [3.8, 4) is 11.8 Å². The number of hydrogen-bond acceptors (Lipinski definition) is 2. The van der Waals surface area contributed by atoms with Crippen LogP contribution in [0.2, 0.25) is 0 Å². The molecule has 0 unspecified atom stereocenters. The highest BCUT2D eigenvalue weighted by atomic mass is 19.1. The summed E-state index contributed by atoms with van der Waals surface area (Å²) >= 11 is 0. The summed E-state index contributed by atoms with van der Waals surface area (Å²) in [7, 11) is 0. The second kappa shape index (κ2) is 7.34. The van der Waals surface area contributed by atoms with E-state index in [1.54, 1.807) is 24.3 Å². The van der Waals surface area contributed by atoms with Crippen molar-refractivity contribution in [1.29, 1.82) is 0 Å². The number of carbonyl (C=O) groups excluding carboxylic acids is 2. The molecule has 0 aliphatic heterocycles. The molecule has 0 aliphatic carbocycles. The van der Waals surface area contributed by atoms with Crippen LogP contribution in [0.1, 0.15) is 26.3 Å². The molecule has 0 saturated heterocycles. The number of benzene rings is 3. The van der Waals surface area contributed by atoms with Gasteiger partial charge in [0.25, 0.3) is 5.91 Å². The van der Waals surface area contributed by atoms with Gasteiger partial charge in [0.2, 0.25) is 5.78 Å². The van der Waals surface area contributed by atoms with Crippen LogP contribution in [0.15, 0.2) is 85.1 Å². The lowest BCUT2D eigenvalue weighted by Gasteiger charge is -2.04. The fraction of sp³-hybridized carbons (Fsp3) is 0. The van der Waals surface area contributed by atoms with E-state index >= 15 is 0 Å². The van der Waals surface area contributed by atoms with Gasteiger partial charge in [-0.25, -0.2) is 4.39 Å². The van der Waals surface area contributed by atoms with Gasteiger partial charge in [0.1, 0.15) is 5.82 Å². The molecule has 0 bridgehead atoms. The van der Waals surface area contributed by atoms with Gasteiger partial charge in [0.15, 0.2) is 0 Å². The summed E-state index contributed by atoms with van der Waals surface area (Å²) in [5.74, 6) is 4.19. The molecule has 28 heavy (non-hydrogen) atoms. The number of aromatic nitrogens is 1. The van der Waals surface area contributed by atoms with Crippen molar-refractivity contribution < 1.29 is 14.0 Å². The first-order valence-corrected chi connectivity index (χ1v) is 8.65. The lowest BCUT2D eigenvalue weighted by atomic mass is 10.1. The van der Waals surface area contributed by atoms with Crippen molar-refractivity contribution in [2.24, 2.45) is 0 Å². The second-order valence-electron chi connectivity index (χ2n) is 6.19. The molecule has 0 fully saturated rings. The summed E-state index contributed by atoms with van der Waals surface area (Å²) < 4.78 is 14.9.